The molecule has 0 saturated carbocycles. The molecule has 1 aliphatic rings. The van der Waals surface area contributed by atoms with E-state index in [9.17, 15) is 14.3 Å². The van der Waals surface area contributed by atoms with Gasteiger partial charge in [-0.05, 0) is 20.2 Å². The van der Waals surface area contributed by atoms with Gasteiger partial charge in [-0.15, -0.1) is 0 Å². The van der Waals surface area contributed by atoms with Gasteiger partial charge >= 0.3 is 0 Å². The van der Waals surface area contributed by atoms with Crippen LogP contribution < -0.4 is 10.9 Å². The third-order valence-corrected chi connectivity index (χ3v) is 4.04. The molecule has 128 valence electrons. The first kappa shape index (κ1) is 17.8. The van der Waals surface area contributed by atoms with Gasteiger partial charge in [-0.3, -0.25) is 10.2 Å². The Kier molecular flexibility index (Phi) is 6.47. The van der Waals surface area contributed by atoms with Crippen LogP contribution >= 0.6 is 0 Å². The number of benzene rings is 1. The number of rotatable bonds is 7. The topological polar surface area (TPSA) is 67.8 Å². The first-order chi connectivity index (χ1) is 11.0. The lowest BCUT2D eigenvalue weighted by Crippen LogP contribution is -2.43. The third kappa shape index (κ3) is 4.48. The average molecular weight is 324 g/mol. The van der Waals surface area contributed by atoms with E-state index in [1.807, 2.05) is 19.0 Å². The second-order valence-electron chi connectivity index (χ2n) is 5.98. The van der Waals surface area contributed by atoms with Crippen LogP contribution in [0.2, 0.25) is 0 Å². The van der Waals surface area contributed by atoms with Crippen LogP contribution in [0.1, 0.15) is 11.6 Å². The second-order valence-corrected chi connectivity index (χ2v) is 5.98. The minimum atomic E-state index is -0.413. The van der Waals surface area contributed by atoms with Crippen molar-refractivity contribution in [2.75, 3.05) is 46.9 Å². The van der Waals surface area contributed by atoms with Gasteiger partial charge in [0.05, 0.1) is 18.6 Å². The van der Waals surface area contributed by atoms with Crippen LogP contribution in [0.25, 0.3) is 0 Å². The number of halogens is 1. The Morgan fingerprint density at radius 2 is 2.04 bits per heavy atom. The Hall–Kier alpha value is -1.54. The molecule has 1 aliphatic heterocycles. The number of likely N-dealkylation sites (N-methyl/N-ethyl adjacent to an activating group) is 1. The zero-order valence-electron chi connectivity index (χ0n) is 13.6. The van der Waals surface area contributed by atoms with E-state index in [0.717, 1.165) is 0 Å². The summed E-state index contributed by atoms with van der Waals surface area (Å²) >= 11 is 0. The van der Waals surface area contributed by atoms with E-state index >= 15 is 0 Å². The predicted octanol–water partition coefficient (Wildman–Crippen LogP) is -0.0267. The predicted molar refractivity (Wildman–Crippen MR) is 86.0 cm³/mol. The van der Waals surface area contributed by atoms with Crippen molar-refractivity contribution in [1.82, 2.24) is 20.7 Å². The number of hydrogen-bond acceptors (Lipinski definition) is 5. The van der Waals surface area contributed by atoms with Gasteiger partial charge in [-0.25, -0.2) is 9.82 Å². The summed E-state index contributed by atoms with van der Waals surface area (Å²) in [5.74, 6) is -0.805. The van der Waals surface area contributed by atoms with E-state index in [-0.39, 0.29) is 24.9 Å². The van der Waals surface area contributed by atoms with Gasteiger partial charge in [0.15, 0.2) is 0 Å². The van der Waals surface area contributed by atoms with Crippen LogP contribution in [-0.4, -0.2) is 67.7 Å². The largest absolute Gasteiger partial charge is 0.395 e. The zero-order valence-corrected chi connectivity index (χ0v) is 13.6. The van der Waals surface area contributed by atoms with Gasteiger partial charge in [0, 0.05) is 31.7 Å². The van der Waals surface area contributed by atoms with Crippen molar-refractivity contribution in [2.24, 2.45) is 5.92 Å². The molecule has 2 unspecified atom stereocenters. The van der Waals surface area contributed by atoms with Crippen LogP contribution in [0.5, 0.6) is 0 Å². The molecule has 0 spiro atoms. The zero-order chi connectivity index (χ0) is 16.8. The fourth-order valence-electron chi connectivity index (χ4n) is 2.76. The number of hydrazine groups is 1. The first-order valence-electron chi connectivity index (χ1n) is 7.81. The molecule has 23 heavy (non-hydrogen) atoms. The molecule has 0 aliphatic carbocycles. The fraction of sp³-hybridized carbons (Fsp3) is 0.562. The molecular weight excluding hydrogens is 299 g/mol. The molecule has 0 aromatic heterocycles. The van der Waals surface area contributed by atoms with E-state index < -0.39 is 12.0 Å². The van der Waals surface area contributed by atoms with Crippen molar-refractivity contribution in [3.8, 4) is 0 Å². The number of nitrogens with zero attached hydrogens (tertiary/aromatic N) is 2. The molecule has 1 amide bonds. The maximum Gasteiger partial charge on any atom is 0.229 e. The second kappa shape index (κ2) is 8.35. The van der Waals surface area contributed by atoms with Crippen LogP contribution in [-0.2, 0) is 4.79 Å². The summed E-state index contributed by atoms with van der Waals surface area (Å²) in [4.78, 5) is 16.5. The lowest BCUT2D eigenvalue weighted by atomic mass is 9.93. The number of amides is 1. The van der Waals surface area contributed by atoms with Crippen LogP contribution in [0.3, 0.4) is 0 Å². The molecule has 0 radical (unpaired) electrons. The number of hydrogen-bond donors (Lipinski definition) is 3. The lowest BCUT2D eigenvalue weighted by molar-refractivity contribution is -0.136. The number of nitrogens with one attached hydrogen (secondary N) is 2. The quantitative estimate of drug-likeness (QED) is 0.657. The smallest absolute Gasteiger partial charge is 0.229 e. The standard InChI is InChI=1S/C16H25FN4O2/c1-20(2)7-8-21(9-10-22)16(23)13-11-18-19-15(13)12-5-3-4-6-14(12)17/h3-6,13,15,18-19,22H,7-11H2,1-2H3. The van der Waals surface area contributed by atoms with Crippen molar-refractivity contribution in [3.63, 3.8) is 0 Å². The van der Waals surface area contributed by atoms with Gasteiger partial charge in [-0.2, -0.15) is 0 Å². The van der Waals surface area contributed by atoms with Crippen molar-refractivity contribution in [3.05, 3.63) is 35.6 Å². The molecule has 1 heterocycles. The minimum absolute atomic E-state index is 0.0772. The van der Waals surface area contributed by atoms with Crippen molar-refractivity contribution in [1.29, 1.82) is 0 Å². The minimum Gasteiger partial charge on any atom is -0.395 e. The molecule has 1 saturated heterocycles. The lowest BCUT2D eigenvalue weighted by Gasteiger charge is -2.28. The fourth-order valence-corrected chi connectivity index (χ4v) is 2.76. The molecule has 2 rings (SSSR count). The summed E-state index contributed by atoms with van der Waals surface area (Å²) in [5, 5.41) is 9.22. The Bertz CT molecular complexity index is 527. The van der Waals surface area contributed by atoms with Gasteiger partial charge in [0.1, 0.15) is 5.82 Å². The molecular formula is C16H25FN4O2. The van der Waals surface area contributed by atoms with Gasteiger partial charge in [0.2, 0.25) is 5.91 Å². The molecule has 7 heteroatoms. The SMILES string of the molecule is CN(C)CCN(CCO)C(=O)C1CNNC1c1ccccc1F. The van der Waals surface area contributed by atoms with E-state index in [1.165, 1.54) is 6.07 Å². The summed E-state index contributed by atoms with van der Waals surface area (Å²) in [6.45, 7) is 1.88. The van der Waals surface area contributed by atoms with Crippen molar-refractivity contribution < 1.29 is 14.3 Å². The highest BCUT2D eigenvalue weighted by atomic mass is 19.1. The number of carbonyl (C=O) groups is 1. The average Bonchev–Trinajstić information content (AvgIpc) is 3.00. The number of aliphatic hydroxyl groups is 1. The van der Waals surface area contributed by atoms with E-state index in [2.05, 4.69) is 10.9 Å². The monoisotopic (exact) mass is 324 g/mol. The molecule has 0 bridgehead atoms. The first-order valence-corrected chi connectivity index (χ1v) is 7.81. The van der Waals surface area contributed by atoms with E-state index in [0.29, 0.717) is 25.2 Å². The summed E-state index contributed by atoms with van der Waals surface area (Å²) < 4.78 is 14.0. The molecule has 6 nitrogen and oxygen atoms in total. The highest BCUT2D eigenvalue weighted by molar-refractivity contribution is 5.80. The normalized spacial score (nSPS) is 20.9. The van der Waals surface area contributed by atoms with E-state index in [1.54, 1.807) is 23.1 Å². The summed E-state index contributed by atoms with van der Waals surface area (Å²) in [6, 6.07) is 6.07. The van der Waals surface area contributed by atoms with Crippen molar-refractivity contribution in [2.45, 2.75) is 6.04 Å². The molecule has 1 aromatic rings. The van der Waals surface area contributed by atoms with Crippen LogP contribution in [0.15, 0.2) is 24.3 Å². The molecule has 1 aromatic carbocycles. The molecule has 3 N–H and O–H groups in total. The Balaban J connectivity index is 2.13. The maximum atomic E-state index is 14.0. The third-order valence-electron chi connectivity index (χ3n) is 4.04. The van der Waals surface area contributed by atoms with Gasteiger partial charge in [0.25, 0.3) is 0 Å². The Labute approximate surface area is 136 Å². The summed E-state index contributed by atoms with van der Waals surface area (Å²) in [7, 11) is 3.87. The Morgan fingerprint density at radius 3 is 2.70 bits per heavy atom. The van der Waals surface area contributed by atoms with Gasteiger partial charge in [-0.1, -0.05) is 18.2 Å². The van der Waals surface area contributed by atoms with Crippen molar-refractivity contribution >= 4 is 5.91 Å². The van der Waals surface area contributed by atoms with Crippen LogP contribution in [0.4, 0.5) is 4.39 Å². The Morgan fingerprint density at radius 1 is 1.30 bits per heavy atom. The van der Waals surface area contributed by atoms with Crippen LogP contribution in [0, 0.1) is 11.7 Å². The highest BCUT2D eigenvalue weighted by Gasteiger charge is 2.37. The van der Waals surface area contributed by atoms with E-state index in [4.69, 9.17) is 0 Å². The van der Waals surface area contributed by atoms with Gasteiger partial charge < -0.3 is 14.9 Å². The summed E-state index contributed by atoms with van der Waals surface area (Å²) in [6.07, 6.45) is 0. The highest BCUT2D eigenvalue weighted by Crippen LogP contribution is 2.28. The molecule has 2 atom stereocenters. The number of aliphatic hydroxyl groups excluding tert-OH is 1. The summed E-state index contributed by atoms with van der Waals surface area (Å²) in [5.41, 5.74) is 6.43. The maximum absolute atomic E-state index is 14.0. The molecule has 1 fully saturated rings. The number of carbonyl (C=O) groups excluding carboxylic acids is 1.